The van der Waals surface area contributed by atoms with Gasteiger partial charge in [-0.25, -0.2) is 17.2 Å². The van der Waals surface area contributed by atoms with Crippen LogP contribution in [0, 0.1) is 11.6 Å². The lowest BCUT2D eigenvalue weighted by Crippen LogP contribution is -2.45. The van der Waals surface area contributed by atoms with E-state index in [1.54, 1.807) is 40.7 Å². The lowest BCUT2D eigenvalue weighted by molar-refractivity contribution is 0.0976. The van der Waals surface area contributed by atoms with E-state index in [2.05, 4.69) is 10.2 Å². The van der Waals surface area contributed by atoms with Gasteiger partial charge in [-0.1, -0.05) is 30.3 Å². The van der Waals surface area contributed by atoms with Crippen LogP contribution in [-0.2, 0) is 16.6 Å². The van der Waals surface area contributed by atoms with Crippen molar-refractivity contribution in [3.63, 3.8) is 0 Å². The van der Waals surface area contributed by atoms with Crippen LogP contribution in [0.4, 0.5) is 14.5 Å². The number of hydrogen-bond donors (Lipinski definition) is 1. The molecule has 2 fully saturated rings. The van der Waals surface area contributed by atoms with Gasteiger partial charge in [-0.15, -0.1) is 10.2 Å². The van der Waals surface area contributed by atoms with Gasteiger partial charge in [0.25, 0.3) is 0 Å². The van der Waals surface area contributed by atoms with Crippen LogP contribution < -0.4 is 4.90 Å². The zero-order chi connectivity index (χ0) is 25.4. The highest BCUT2D eigenvalue weighted by Crippen LogP contribution is 2.39. The summed E-state index contributed by atoms with van der Waals surface area (Å²) in [5.41, 5.74) is 0.736. The first-order valence-corrected chi connectivity index (χ1v) is 13.6. The number of β-amino-alcohol motifs (C(OH)–C–C–N with tert-alkyl or cyclic N) is 1. The van der Waals surface area contributed by atoms with Crippen LogP contribution in [0.1, 0.15) is 48.6 Å². The van der Waals surface area contributed by atoms with Crippen molar-refractivity contribution in [2.75, 3.05) is 18.0 Å². The molecule has 0 aliphatic carbocycles. The number of piperidine rings is 1. The lowest BCUT2D eigenvalue weighted by atomic mass is 10.0. The SMILES string of the molecule is C[C@H]1CC[C@H](c2ccccc2)S(=O)(=O)N1Cc1cc(F)c(N2CC[C@@H](n3cnnc3)[C@H](O)C2)cc1F. The minimum Gasteiger partial charge on any atom is -0.389 e. The molecule has 2 aliphatic heterocycles. The second kappa shape index (κ2) is 9.87. The molecule has 4 atom stereocenters. The summed E-state index contributed by atoms with van der Waals surface area (Å²) in [6, 6.07) is 10.6. The molecular formula is C25H29F2N5O3S. The molecule has 0 radical (unpaired) electrons. The fourth-order valence-corrected chi connectivity index (χ4v) is 7.51. The van der Waals surface area contributed by atoms with Crippen LogP contribution in [0.2, 0.25) is 0 Å². The summed E-state index contributed by atoms with van der Waals surface area (Å²) in [5, 5.41) is 17.4. The fourth-order valence-electron chi connectivity index (χ4n) is 5.33. The van der Waals surface area contributed by atoms with E-state index in [0.717, 1.165) is 12.1 Å². The third kappa shape index (κ3) is 4.62. The number of aromatic nitrogens is 3. The third-order valence-electron chi connectivity index (χ3n) is 7.34. The number of nitrogens with zero attached hydrogens (tertiary/aromatic N) is 5. The van der Waals surface area contributed by atoms with Crippen molar-refractivity contribution < 1.29 is 22.3 Å². The third-order valence-corrected chi connectivity index (χ3v) is 9.71. The van der Waals surface area contributed by atoms with Crippen molar-refractivity contribution in [2.45, 2.75) is 56.2 Å². The van der Waals surface area contributed by atoms with E-state index >= 15 is 8.78 Å². The molecule has 2 aliphatic rings. The molecular weight excluding hydrogens is 488 g/mol. The summed E-state index contributed by atoms with van der Waals surface area (Å²) in [4.78, 5) is 1.61. The normalized spacial score (nSPS) is 26.7. The predicted octanol–water partition coefficient (Wildman–Crippen LogP) is 3.42. The monoisotopic (exact) mass is 517 g/mol. The molecule has 2 aromatic carbocycles. The molecule has 0 unspecified atom stereocenters. The van der Waals surface area contributed by atoms with Gasteiger partial charge in [-0.3, -0.25) is 0 Å². The number of aliphatic hydroxyl groups is 1. The summed E-state index contributed by atoms with van der Waals surface area (Å²) >= 11 is 0. The quantitative estimate of drug-likeness (QED) is 0.558. The molecule has 8 nitrogen and oxygen atoms in total. The average molecular weight is 518 g/mol. The Morgan fingerprint density at radius 2 is 1.75 bits per heavy atom. The Hall–Kier alpha value is -2.89. The maximum absolute atomic E-state index is 15.2. The Morgan fingerprint density at radius 3 is 2.44 bits per heavy atom. The van der Waals surface area contributed by atoms with E-state index in [0.29, 0.717) is 31.4 Å². The molecule has 1 aromatic heterocycles. The molecule has 11 heteroatoms. The first kappa shape index (κ1) is 24.8. The summed E-state index contributed by atoms with van der Waals surface area (Å²) in [6.07, 6.45) is 3.85. The smallest absolute Gasteiger partial charge is 0.221 e. The lowest BCUT2D eigenvalue weighted by Gasteiger charge is -2.38. The Bertz CT molecular complexity index is 1310. The highest BCUT2D eigenvalue weighted by Gasteiger charge is 2.41. The highest BCUT2D eigenvalue weighted by atomic mass is 32.2. The zero-order valence-electron chi connectivity index (χ0n) is 19.9. The molecule has 0 spiro atoms. The second-order valence-corrected chi connectivity index (χ2v) is 11.7. The van der Waals surface area contributed by atoms with Crippen molar-refractivity contribution in [3.8, 4) is 0 Å². The van der Waals surface area contributed by atoms with Gasteiger partial charge in [-0.05, 0) is 37.8 Å². The number of benzene rings is 2. The molecule has 36 heavy (non-hydrogen) atoms. The second-order valence-electron chi connectivity index (χ2n) is 9.59. The first-order chi connectivity index (χ1) is 17.3. The van der Waals surface area contributed by atoms with Crippen LogP contribution in [0.5, 0.6) is 0 Å². The Kier molecular flexibility index (Phi) is 6.80. The summed E-state index contributed by atoms with van der Waals surface area (Å²) in [6.45, 7) is 2.08. The number of anilines is 1. The molecule has 1 N–H and O–H groups in total. The number of sulfonamides is 1. The van der Waals surface area contributed by atoms with Gasteiger partial charge in [0, 0.05) is 37.3 Å². The molecule has 0 bridgehead atoms. The van der Waals surface area contributed by atoms with E-state index in [9.17, 15) is 13.5 Å². The van der Waals surface area contributed by atoms with E-state index in [1.807, 2.05) is 6.07 Å². The van der Waals surface area contributed by atoms with Gasteiger partial charge in [0.15, 0.2) is 0 Å². The minimum absolute atomic E-state index is 0.0136. The number of rotatable bonds is 5. The maximum atomic E-state index is 15.2. The molecule has 0 saturated carbocycles. The average Bonchev–Trinajstić information content (AvgIpc) is 3.38. The van der Waals surface area contributed by atoms with Crippen LogP contribution in [0.3, 0.4) is 0 Å². The molecule has 5 rings (SSSR count). The van der Waals surface area contributed by atoms with E-state index < -0.39 is 33.0 Å². The largest absolute Gasteiger partial charge is 0.389 e. The van der Waals surface area contributed by atoms with E-state index in [1.165, 1.54) is 17.0 Å². The van der Waals surface area contributed by atoms with Gasteiger partial charge >= 0.3 is 0 Å². The van der Waals surface area contributed by atoms with Gasteiger partial charge in [-0.2, -0.15) is 4.31 Å². The summed E-state index contributed by atoms with van der Waals surface area (Å²) in [5.74, 6) is -1.32. The van der Waals surface area contributed by atoms with Crippen molar-refractivity contribution >= 4 is 15.7 Å². The summed E-state index contributed by atoms with van der Waals surface area (Å²) < 4.78 is 60.4. The van der Waals surface area contributed by atoms with Crippen LogP contribution in [0.15, 0.2) is 55.1 Å². The molecule has 192 valence electrons. The van der Waals surface area contributed by atoms with Crippen molar-refractivity contribution in [1.82, 2.24) is 19.1 Å². The van der Waals surface area contributed by atoms with Gasteiger partial charge in [0.05, 0.1) is 17.8 Å². The van der Waals surface area contributed by atoms with Gasteiger partial charge in [0.1, 0.15) is 29.5 Å². The zero-order valence-corrected chi connectivity index (χ0v) is 20.7. The predicted molar refractivity (Wildman–Crippen MR) is 131 cm³/mol. The van der Waals surface area contributed by atoms with Crippen LogP contribution >= 0.6 is 0 Å². The molecule has 0 amide bonds. The van der Waals surface area contributed by atoms with Crippen LogP contribution in [0.25, 0.3) is 0 Å². The van der Waals surface area contributed by atoms with Gasteiger partial charge < -0.3 is 14.6 Å². The van der Waals surface area contributed by atoms with Gasteiger partial charge in [0.2, 0.25) is 10.0 Å². The Labute approximate surface area is 209 Å². The number of hydrogen-bond acceptors (Lipinski definition) is 6. The standard InChI is InChI=1S/C25H29F2N5O3S/c1-17-7-8-25(18-5-3-2-4-6-18)36(34,35)32(17)13-19-11-21(27)23(12-20(19)26)30-10-9-22(24(33)14-30)31-15-28-29-16-31/h2-6,11-12,15-17,22,24-25,33H,7-10,13-14H2,1H3/t17-,22+,24+,25+/m0/s1. The van der Waals surface area contributed by atoms with Crippen molar-refractivity contribution in [1.29, 1.82) is 0 Å². The van der Waals surface area contributed by atoms with E-state index in [-0.39, 0.29) is 36.4 Å². The van der Waals surface area contributed by atoms with Crippen molar-refractivity contribution in [3.05, 3.63) is 77.9 Å². The molecule has 2 saturated heterocycles. The number of aliphatic hydroxyl groups excluding tert-OH is 1. The highest BCUT2D eigenvalue weighted by molar-refractivity contribution is 7.89. The first-order valence-electron chi connectivity index (χ1n) is 12.1. The Morgan fingerprint density at radius 1 is 1.03 bits per heavy atom. The van der Waals surface area contributed by atoms with Crippen LogP contribution in [-0.4, -0.2) is 57.8 Å². The van der Waals surface area contributed by atoms with E-state index in [4.69, 9.17) is 0 Å². The van der Waals surface area contributed by atoms with Crippen molar-refractivity contribution in [2.24, 2.45) is 0 Å². The minimum atomic E-state index is -3.77. The fraction of sp³-hybridized carbons (Fsp3) is 0.440. The Balaban J connectivity index is 1.35. The topological polar surface area (TPSA) is 91.6 Å². The molecule has 3 heterocycles. The molecule has 3 aromatic rings. The maximum Gasteiger partial charge on any atom is 0.221 e. The summed E-state index contributed by atoms with van der Waals surface area (Å²) in [7, 11) is -3.77. The number of halogens is 2.